The molecule has 1 aliphatic heterocycles. The van der Waals surface area contributed by atoms with Crippen LogP contribution in [-0.4, -0.2) is 42.0 Å². The molecule has 0 radical (unpaired) electrons. The van der Waals surface area contributed by atoms with Crippen LogP contribution in [0.4, 0.5) is 11.4 Å². The van der Waals surface area contributed by atoms with Gasteiger partial charge >= 0.3 is 5.97 Å². The van der Waals surface area contributed by atoms with Crippen LogP contribution in [0, 0.1) is 0 Å². The summed E-state index contributed by atoms with van der Waals surface area (Å²) in [6, 6.07) is 14.5. The fourth-order valence-corrected chi connectivity index (χ4v) is 2.86. The Morgan fingerprint density at radius 3 is 2.43 bits per heavy atom. The van der Waals surface area contributed by atoms with E-state index in [9.17, 15) is 14.4 Å². The van der Waals surface area contributed by atoms with Gasteiger partial charge < -0.3 is 15.3 Å². The zero-order valence-electron chi connectivity index (χ0n) is 15.4. The number of nitrogens with zero attached hydrogens (tertiary/aromatic N) is 2. The minimum Gasteiger partial charge on any atom is -0.478 e. The van der Waals surface area contributed by atoms with Gasteiger partial charge in [0.1, 0.15) is 6.17 Å². The van der Waals surface area contributed by atoms with Crippen molar-refractivity contribution < 1.29 is 19.5 Å². The number of aliphatic carboxylic acids is 1. The van der Waals surface area contributed by atoms with Crippen molar-refractivity contribution in [2.45, 2.75) is 6.17 Å². The molecule has 0 spiro atoms. The zero-order chi connectivity index (χ0) is 20.3. The highest BCUT2D eigenvalue weighted by Crippen LogP contribution is 2.32. The average Bonchev–Trinajstić information content (AvgIpc) is 2.68. The maximum absolute atomic E-state index is 13.0. The first-order valence-corrected chi connectivity index (χ1v) is 8.55. The van der Waals surface area contributed by atoms with E-state index in [1.165, 1.54) is 5.01 Å². The number of hydrazine groups is 1. The lowest BCUT2D eigenvalue weighted by molar-refractivity contribution is -0.131. The lowest BCUT2D eigenvalue weighted by Crippen LogP contribution is -2.52. The van der Waals surface area contributed by atoms with Crippen molar-refractivity contribution >= 4 is 29.2 Å². The van der Waals surface area contributed by atoms with Crippen molar-refractivity contribution in [3.8, 4) is 0 Å². The molecule has 28 heavy (non-hydrogen) atoms. The molecule has 8 heteroatoms. The summed E-state index contributed by atoms with van der Waals surface area (Å²) >= 11 is 0. The number of fused-ring (bicyclic) bond motifs is 1. The molecular formula is C20H20N4O4. The van der Waals surface area contributed by atoms with E-state index in [4.69, 9.17) is 5.11 Å². The van der Waals surface area contributed by atoms with Gasteiger partial charge in [-0.25, -0.2) is 9.80 Å². The molecule has 0 aliphatic carbocycles. The number of carboxylic acids is 1. The van der Waals surface area contributed by atoms with E-state index in [1.807, 2.05) is 49.3 Å². The number of carboxylic acid groups (broad SMARTS) is 1. The van der Waals surface area contributed by atoms with E-state index in [2.05, 4.69) is 10.7 Å². The summed E-state index contributed by atoms with van der Waals surface area (Å²) in [5, 5.41) is 13.1. The molecule has 0 unspecified atom stereocenters. The van der Waals surface area contributed by atoms with Gasteiger partial charge in [0.15, 0.2) is 0 Å². The van der Waals surface area contributed by atoms with Gasteiger partial charge in [-0.1, -0.05) is 24.3 Å². The van der Waals surface area contributed by atoms with E-state index in [0.29, 0.717) is 17.3 Å². The van der Waals surface area contributed by atoms with E-state index in [1.54, 1.807) is 18.2 Å². The Labute approximate surface area is 162 Å². The zero-order valence-corrected chi connectivity index (χ0v) is 15.4. The summed E-state index contributed by atoms with van der Waals surface area (Å²) in [7, 11) is 3.85. The highest BCUT2D eigenvalue weighted by molar-refractivity contribution is 6.03. The van der Waals surface area contributed by atoms with Crippen molar-refractivity contribution in [2.24, 2.45) is 0 Å². The molecule has 2 amide bonds. The predicted molar refractivity (Wildman–Crippen MR) is 105 cm³/mol. The second kappa shape index (κ2) is 7.83. The standard InChI is InChI=1S/C20H20N4O4/c1-23(2)14-9-7-13(8-10-14)19-21-16-6-4-3-5-15(16)20(28)24(19)22-17(25)11-12-18(26)27/h3-12,19,21H,1-2H3,(H,22,25)(H,26,27)/t19-/m0/s1. The number of hydrogen-bond donors (Lipinski definition) is 3. The van der Waals surface area contributed by atoms with Gasteiger partial charge in [-0.05, 0) is 29.8 Å². The molecule has 2 aromatic carbocycles. The minimum absolute atomic E-state index is 0.395. The molecule has 0 aromatic heterocycles. The average molecular weight is 380 g/mol. The Kier molecular flexibility index (Phi) is 5.30. The van der Waals surface area contributed by atoms with Crippen LogP contribution in [0.1, 0.15) is 22.1 Å². The fraction of sp³-hybridized carbons (Fsp3) is 0.150. The fourth-order valence-electron chi connectivity index (χ4n) is 2.86. The first kappa shape index (κ1) is 19.0. The summed E-state index contributed by atoms with van der Waals surface area (Å²) in [5.41, 5.74) is 5.29. The third-order valence-corrected chi connectivity index (χ3v) is 4.26. The van der Waals surface area contributed by atoms with Crippen LogP contribution < -0.4 is 15.6 Å². The molecule has 1 atom stereocenters. The van der Waals surface area contributed by atoms with Gasteiger partial charge in [0.2, 0.25) is 0 Å². The normalized spacial score (nSPS) is 15.7. The third kappa shape index (κ3) is 3.96. The van der Waals surface area contributed by atoms with Crippen LogP contribution in [0.3, 0.4) is 0 Å². The topological polar surface area (TPSA) is 102 Å². The molecule has 144 valence electrons. The van der Waals surface area contributed by atoms with Gasteiger partial charge in [0, 0.05) is 37.6 Å². The number of para-hydroxylation sites is 1. The van der Waals surface area contributed by atoms with Crippen molar-refractivity contribution in [1.82, 2.24) is 10.4 Å². The second-order valence-corrected chi connectivity index (χ2v) is 6.40. The molecule has 0 saturated carbocycles. The molecule has 1 heterocycles. The number of carbonyl (C=O) groups excluding carboxylic acids is 2. The Morgan fingerprint density at radius 2 is 1.79 bits per heavy atom. The van der Waals surface area contributed by atoms with E-state index < -0.39 is 23.9 Å². The smallest absolute Gasteiger partial charge is 0.328 e. The molecule has 2 aromatic rings. The molecule has 0 saturated heterocycles. The van der Waals surface area contributed by atoms with E-state index in [0.717, 1.165) is 17.3 Å². The summed E-state index contributed by atoms with van der Waals surface area (Å²) in [6.07, 6.45) is 0.926. The molecular weight excluding hydrogens is 360 g/mol. The molecule has 8 nitrogen and oxygen atoms in total. The number of amides is 2. The number of nitrogens with one attached hydrogen (secondary N) is 2. The summed E-state index contributed by atoms with van der Waals surface area (Å²) in [6.45, 7) is 0. The number of carbonyl (C=O) groups is 3. The Bertz CT molecular complexity index is 937. The SMILES string of the molecule is CN(C)c1ccc([C@H]2Nc3ccccc3C(=O)N2NC(=O)C=CC(=O)O)cc1. The van der Waals surface area contributed by atoms with Crippen LogP contribution in [0.5, 0.6) is 0 Å². The van der Waals surface area contributed by atoms with Crippen molar-refractivity contribution in [1.29, 1.82) is 0 Å². The largest absolute Gasteiger partial charge is 0.478 e. The number of rotatable bonds is 5. The summed E-state index contributed by atoms with van der Waals surface area (Å²) in [5.74, 6) is -2.36. The van der Waals surface area contributed by atoms with Crippen molar-refractivity contribution in [3.63, 3.8) is 0 Å². The Balaban J connectivity index is 1.95. The summed E-state index contributed by atoms with van der Waals surface area (Å²) in [4.78, 5) is 37.7. The first-order chi connectivity index (χ1) is 13.4. The Morgan fingerprint density at radius 1 is 1.11 bits per heavy atom. The predicted octanol–water partition coefficient (Wildman–Crippen LogP) is 1.99. The van der Waals surface area contributed by atoms with Gasteiger partial charge in [0.05, 0.1) is 5.56 Å². The third-order valence-electron chi connectivity index (χ3n) is 4.26. The maximum atomic E-state index is 13.0. The molecule has 0 bridgehead atoms. The van der Waals surface area contributed by atoms with Crippen LogP contribution in [-0.2, 0) is 9.59 Å². The van der Waals surface area contributed by atoms with Crippen LogP contribution in [0.2, 0.25) is 0 Å². The monoisotopic (exact) mass is 380 g/mol. The van der Waals surface area contributed by atoms with Crippen LogP contribution in [0.25, 0.3) is 0 Å². The second-order valence-electron chi connectivity index (χ2n) is 6.40. The lowest BCUT2D eigenvalue weighted by atomic mass is 10.0. The highest BCUT2D eigenvalue weighted by atomic mass is 16.4. The lowest BCUT2D eigenvalue weighted by Gasteiger charge is -2.37. The molecule has 0 fully saturated rings. The molecule has 1 aliphatic rings. The van der Waals surface area contributed by atoms with Gasteiger partial charge in [-0.3, -0.25) is 15.0 Å². The van der Waals surface area contributed by atoms with Gasteiger partial charge in [-0.15, -0.1) is 0 Å². The molecule has 3 N–H and O–H groups in total. The first-order valence-electron chi connectivity index (χ1n) is 8.55. The number of hydrogen-bond acceptors (Lipinski definition) is 5. The minimum atomic E-state index is -1.25. The Hall–Kier alpha value is -3.81. The van der Waals surface area contributed by atoms with E-state index >= 15 is 0 Å². The number of anilines is 2. The highest BCUT2D eigenvalue weighted by Gasteiger charge is 2.34. The van der Waals surface area contributed by atoms with Crippen LogP contribution in [0.15, 0.2) is 60.7 Å². The van der Waals surface area contributed by atoms with Gasteiger partial charge in [-0.2, -0.15) is 0 Å². The number of benzene rings is 2. The summed E-state index contributed by atoms with van der Waals surface area (Å²) < 4.78 is 0. The van der Waals surface area contributed by atoms with Gasteiger partial charge in [0.25, 0.3) is 11.8 Å². The maximum Gasteiger partial charge on any atom is 0.328 e. The quantitative estimate of drug-likeness (QED) is 0.686. The molecule has 3 rings (SSSR count). The van der Waals surface area contributed by atoms with E-state index in [-0.39, 0.29) is 0 Å². The van der Waals surface area contributed by atoms with Crippen molar-refractivity contribution in [3.05, 3.63) is 71.8 Å². The van der Waals surface area contributed by atoms with Crippen LogP contribution >= 0.6 is 0 Å². The van der Waals surface area contributed by atoms with Crippen molar-refractivity contribution in [2.75, 3.05) is 24.3 Å².